The van der Waals surface area contributed by atoms with Crippen molar-refractivity contribution in [2.75, 3.05) is 6.61 Å². The molecule has 0 radical (unpaired) electrons. The summed E-state index contributed by atoms with van der Waals surface area (Å²) in [4.78, 5) is 1.28. The second-order valence-corrected chi connectivity index (χ2v) is 5.58. The van der Waals surface area contributed by atoms with Crippen molar-refractivity contribution in [1.82, 2.24) is 0 Å². The predicted octanol–water partition coefficient (Wildman–Crippen LogP) is 3.83. The third-order valence-corrected chi connectivity index (χ3v) is 4.42. The molecule has 0 N–H and O–H groups in total. The number of halogens is 1. The van der Waals surface area contributed by atoms with Crippen LogP contribution in [0.5, 0.6) is 0 Å². The first-order valence-electron chi connectivity index (χ1n) is 5.25. The summed E-state index contributed by atoms with van der Waals surface area (Å²) in [5, 5.41) is 0.392. The lowest BCUT2D eigenvalue weighted by Crippen LogP contribution is -2.26. The Morgan fingerprint density at radius 3 is 2.73 bits per heavy atom. The molecule has 1 heterocycles. The number of benzene rings is 1. The molecular formula is C12H15ClOS. The van der Waals surface area contributed by atoms with Crippen molar-refractivity contribution in [2.24, 2.45) is 0 Å². The van der Waals surface area contributed by atoms with Crippen LogP contribution in [0, 0.1) is 6.92 Å². The SMILES string of the molecule is Cc1ccc(SC2CCCOC2Cl)cc1. The molecule has 0 saturated carbocycles. The summed E-state index contributed by atoms with van der Waals surface area (Å²) in [6.07, 6.45) is 2.26. The molecule has 2 unspecified atom stereocenters. The van der Waals surface area contributed by atoms with Crippen LogP contribution < -0.4 is 0 Å². The van der Waals surface area contributed by atoms with Gasteiger partial charge in [0.05, 0.1) is 0 Å². The normalized spacial score (nSPS) is 26.5. The van der Waals surface area contributed by atoms with Crippen LogP contribution in [0.4, 0.5) is 0 Å². The van der Waals surface area contributed by atoms with Crippen LogP contribution in [0.2, 0.25) is 0 Å². The minimum Gasteiger partial charge on any atom is -0.361 e. The number of hydrogen-bond donors (Lipinski definition) is 0. The molecule has 2 rings (SSSR count). The van der Waals surface area contributed by atoms with E-state index in [9.17, 15) is 0 Å². The van der Waals surface area contributed by atoms with Crippen LogP contribution in [0.25, 0.3) is 0 Å². The summed E-state index contributed by atoms with van der Waals surface area (Å²) in [5.41, 5.74) is 1.16. The highest BCUT2D eigenvalue weighted by Crippen LogP contribution is 2.33. The molecule has 3 heteroatoms. The fraction of sp³-hybridized carbons (Fsp3) is 0.500. The van der Waals surface area contributed by atoms with Crippen molar-refractivity contribution in [1.29, 1.82) is 0 Å². The zero-order chi connectivity index (χ0) is 10.7. The minimum atomic E-state index is -0.134. The van der Waals surface area contributed by atoms with Gasteiger partial charge in [0.25, 0.3) is 0 Å². The highest BCUT2D eigenvalue weighted by molar-refractivity contribution is 8.00. The van der Waals surface area contributed by atoms with Gasteiger partial charge in [0.2, 0.25) is 0 Å². The van der Waals surface area contributed by atoms with Crippen LogP contribution >= 0.6 is 23.4 Å². The first kappa shape index (κ1) is 11.3. The molecule has 1 aliphatic heterocycles. The number of alkyl halides is 1. The molecular weight excluding hydrogens is 228 g/mol. The van der Waals surface area contributed by atoms with Crippen molar-refractivity contribution >= 4 is 23.4 Å². The summed E-state index contributed by atoms with van der Waals surface area (Å²) in [5.74, 6) is 0. The highest BCUT2D eigenvalue weighted by Gasteiger charge is 2.24. The third kappa shape index (κ3) is 3.13. The molecule has 1 saturated heterocycles. The molecule has 2 atom stereocenters. The van der Waals surface area contributed by atoms with Gasteiger partial charge in [-0.1, -0.05) is 29.3 Å². The maximum absolute atomic E-state index is 6.12. The Bertz CT molecular complexity index is 312. The average Bonchev–Trinajstić information content (AvgIpc) is 2.25. The molecule has 1 fully saturated rings. The molecule has 82 valence electrons. The van der Waals surface area contributed by atoms with Crippen LogP contribution in [0.3, 0.4) is 0 Å². The number of ether oxygens (including phenoxy) is 1. The zero-order valence-electron chi connectivity index (χ0n) is 8.78. The minimum absolute atomic E-state index is 0.134. The van der Waals surface area contributed by atoms with Gasteiger partial charge in [-0.05, 0) is 31.9 Å². The quantitative estimate of drug-likeness (QED) is 0.729. The van der Waals surface area contributed by atoms with Crippen LogP contribution in [-0.4, -0.2) is 17.4 Å². The third-order valence-electron chi connectivity index (χ3n) is 2.51. The summed E-state index contributed by atoms with van der Waals surface area (Å²) in [6, 6.07) is 8.57. The molecule has 1 aromatic rings. The van der Waals surface area contributed by atoms with E-state index in [2.05, 4.69) is 31.2 Å². The summed E-state index contributed by atoms with van der Waals surface area (Å²) < 4.78 is 5.43. The Hall–Kier alpha value is -0.180. The fourth-order valence-corrected chi connectivity index (χ4v) is 3.11. The molecule has 1 aliphatic rings. The van der Waals surface area contributed by atoms with Crippen molar-refractivity contribution < 1.29 is 4.74 Å². The smallest absolute Gasteiger partial charge is 0.143 e. The van der Waals surface area contributed by atoms with Gasteiger partial charge in [-0.3, -0.25) is 0 Å². The Labute approximate surface area is 100 Å². The van der Waals surface area contributed by atoms with Gasteiger partial charge in [-0.25, -0.2) is 0 Å². The van der Waals surface area contributed by atoms with E-state index in [-0.39, 0.29) is 5.56 Å². The predicted molar refractivity (Wildman–Crippen MR) is 65.7 cm³/mol. The van der Waals surface area contributed by atoms with E-state index in [0.29, 0.717) is 5.25 Å². The summed E-state index contributed by atoms with van der Waals surface area (Å²) >= 11 is 7.95. The lowest BCUT2D eigenvalue weighted by Gasteiger charge is -2.26. The fourth-order valence-electron chi connectivity index (χ4n) is 1.62. The lowest BCUT2D eigenvalue weighted by atomic mass is 10.2. The first-order chi connectivity index (χ1) is 7.25. The number of aryl methyl sites for hydroxylation is 1. The average molecular weight is 243 g/mol. The Balaban J connectivity index is 1.98. The maximum Gasteiger partial charge on any atom is 0.143 e. The Morgan fingerprint density at radius 1 is 1.33 bits per heavy atom. The number of rotatable bonds is 2. The standard InChI is InChI=1S/C12H15ClOS/c1-9-4-6-10(7-5-9)15-11-3-2-8-14-12(11)13/h4-7,11-12H,2-3,8H2,1H3. The topological polar surface area (TPSA) is 9.23 Å². The van der Waals surface area contributed by atoms with Gasteiger partial charge in [0, 0.05) is 16.8 Å². The molecule has 1 nitrogen and oxygen atoms in total. The number of hydrogen-bond acceptors (Lipinski definition) is 2. The first-order valence-corrected chi connectivity index (χ1v) is 6.56. The van der Waals surface area contributed by atoms with Crippen LogP contribution in [0.15, 0.2) is 29.2 Å². The van der Waals surface area contributed by atoms with E-state index >= 15 is 0 Å². The van der Waals surface area contributed by atoms with Gasteiger partial charge in [-0.2, -0.15) is 0 Å². The second-order valence-electron chi connectivity index (χ2n) is 3.83. The second kappa shape index (κ2) is 5.24. The van der Waals surface area contributed by atoms with Crippen LogP contribution in [0.1, 0.15) is 18.4 Å². The highest BCUT2D eigenvalue weighted by atomic mass is 35.5. The van der Waals surface area contributed by atoms with E-state index in [0.717, 1.165) is 19.4 Å². The maximum atomic E-state index is 6.12. The van der Waals surface area contributed by atoms with Crippen molar-refractivity contribution in [3.05, 3.63) is 29.8 Å². The monoisotopic (exact) mass is 242 g/mol. The Morgan fingerprint density at radius 2 is 2.07 bits per heavy atom. The van der Waals surface area contributed by atoms with Gasteiger partial charge in [0.1, 0.15) is 5.56 Å². The summed E-state index contributed by atoms with van der Waals surface area (Å²) in [7, 11) is 0. The van der Waals surface area contributed by atoms with E-state index in [1.807, 2.05) is 11.8 Å². The molecule has 0 aliphatic carbocycles. The molecule has 15 heavy (non-hydrogen) atoms. The van der Waals surface area contributed by atoms with Gasteiger partial charge in [0.15, 0.2) is 0 Å². The van der Waals surface area contributed by atoms with Gasteiger partial charge < -0.3 is 4.74 Å². The lowest BCUT2D eigenvalue weighted by molar-refractivity contribution is 0.0728. The summed E-state index contributed by atoms with van der Waals surface area (Å²) in [6.45, 7) is 2.90. The molecule has 0 spiro atoms. The molecule has 1 aromatic carbocycles. The van der Waals surface area contributed by atoms with Crippen molar-refractivity contribution in [3.63, 3.8) is 0 Å². The van der Waals surface area contributed by atoms with Gasteiger partial charge >= 0.3 is 0 Å². The van der Waals surface area contributed by atoms with E-state index in [1.54, 1.807) is 0 Å². The molecule has 0 amide bonds. The van der Waals surface area contributed by atoms with E-state index in [4.69, 9.17) is 16.3 Å². The number of thioether (sulfide) groups is 1. The van der Waals surface area contributed by atoms with Crippen LogP contribution in [-0.2, 0) is 4.74 Å². The molecule has 0 bridgehead atoms. The van der Waals surface area contributed by atoms with Crippen molar-refractivity contribution in [3.8, 4) is 0 Å². The van der Waals surface area contributed by atoms with E-state index < -0.39 is 0 Å². The molecule has 0 aromatic heterocycles. The zero-order valence-corrected chi connectivity index (χ0v) is 10.4. The van der Waals surface area contributed by atoms with Gasteiger partial charge in [-0.15, -0.1) is 11.8 Å². The van der Waals surface area contributed by atoms with Crippen molar-refractivity contribution in [2.45, 2.75) is 35.5 Å². The largest absolute Gasteiger partial charge is 0.361 e. The van der Waals surface area contributed by atoms with E-state index in [1.165, 1.54) is 10.5 Å². The Kier molecular flexibility index (Phi) is 3.95.